The highest BCUT2D eigenvalue weighted by atomic mass is 35.5. The van der Waals surface area contributed by atoms with Crippen molar-refractivity contribution in [3.05, 3.63) is 58.6 Å². The van der Waals surface area contributed by atoms with Crippen molar-refractivity contribution in [2.24, 2.45) is 0 Å². The first-order valence-electron chi connectivity index (χ1n) is 6.34. The van der Waals surface area contributed by atoms with Gasteiger partial charge in [-0.25, -0.2) is 12.8 Å². The van der Waals surface area contributed by atoms with Crippen molar-refractivity contribution in [2.45, 2.75) is 12.2 Å². The summed E-state index contributed by atoms with van der Waals surface area (Å²) in [5, 5.41) is -0.0753. The minimum Gasteiger partial charge on any atom is -0.269 e. The van der Waals surface area contributed by atoms with E-state index in [2.05, 4.69) is 4.98 Å². The fourth-order valence-electron chi connectivity index (χ4n) is 2.41. The highest BCUT2D eigenvalue weighted by molar-refractivity contribution is 7.92. The molecule has 4 nitrogen and oxygen atoms in total. The molecule has 0 radical (unpaired) electrons. The van der Waals surface area contributed by atoms with E-state index in [-0.39, 0.29) is 10.8 Å². The Bertz CT molecular complexity index is 795. The number of halogens is 2. The average molecular weight is 327 g/mol. The molecule has 0 fully saturated rings. The molecule has 2 heterocycles. The van der Waals surface area contributed by atoms with Crippen molar-refractivity contribution in [3.8, 4) is 0 Å². The zero-order valence-electron chi connectivity index (χ0n) is 11.0. The van der Waals surface area contributed by atoms with Gasteiger partial charge in [0, 0.05) is 18.9 Å². The quantitative estimate of drug-likeness (QED) is 0.871. The maximum absolute atomic E-state index is 13.1. The summed E-state index contributed by atoms with van der Waals surface area (Å²) in [5.74, 6) is -0.773. The van der Waals surface area contributed by atoms with Crippen molar-refractivity contribution >= 4 is 27.3 Å². The van der Waals surface area contributed by atoms with Crippen LogP contribution in [0.4, 0.5) is 10.1 Å². The van der Waals surface area contributed by atoms with Crippen molar-refractivity contribution in [1.82, 2.24) is 4.98 Å². The lowest BCUT2D eigenvalue weighted by molar-refractivity contribution is 0.591. The molecule has 0 N–H and O–H groups in total. The molecule has 0 aliphatic carbocycles. The Morgan fingerprint density at radius 1 is 1.33 bits per heavy atom. The number of aromatic nitrogens is 1. The third kappa shape index (κ3) is 2.73. The molecule has 0 unspecified atom stereocenters. The molecule has 0 bridgehead atoms. The van der Waals surface area contributed by atoms with Crippen molar-refractivity contribution in [3.63, 3.8) is 0 Å². The standard InChI is InChI=1S/C14H12ClFN2O2S/c15-12-7-10(1-2-13(12)16)9-21(19,20)18-6-4-11-8-17-5-3-14(11)18/h1-3,5,7-8H,4,6,9H2. The number of anilines is 1. The molecule has 7 heteroatoms. The predicted octanol–water partition coefficient (Wildman–Crippen LogP) is 2.77. The second-order valence-corrected chi connectivity index (χ2v) is 7.13. The zero-order valence-corrected chi connectivity index (χ0v) is 12.5. The van der Waals surface area contributed by atoms with Crippen LogP contribution in [0.25, 0.3) is 0 Å². The van der Waals surface area contributed by atoms with E-state index in [9.17, 15) is 12.8 Å². The van der Waals surface area contributed by atoms with E-state index in [1.807, 2.05) is 0 Å². The summed E-state index contributed by atoms with van der Waals surface area (Å²) in [4.78, 5) is 4.00. The second-order valence-electron chi connectivity index (χ2n) is 4.83. The van der Waals surface area contributed by atoms with Gasteiger partial charge >= 0.3 is 0 Å². The Morgan fingerprint density at radius 2 is 2.14 bits per heavy atom. The average Bonchev–Trinajstić information content (AvgIpc) is 2.87. The zero-order chi connectivity index (χ0) is 15.0. The van der Waals surface area contributed by atoms with Crippen LogP contribution in [0, 0.1) is 5.82 Å². The van der Waals surface area contributed by atoms with Gasteiger partial charge in [0.15, 0.2) is 0 Å². The van der Waals surface area contributed by atoms with E-state index in [1.165, 1.54) is 22.5 Å². The van der Waals surface area contributed by atoms with E-state index >= 15 is 0 Å². The lowest BCUT2D eigenvalue weighted by atomic mass is 10.2. The molecule has 1 aromatic heterocycles. The van der Waals surface area contributed by atoms with Gasteiger partial charge in [-0.1, -0.05) is 17.7 Å². The van der Waals surface area contributed by atoms with E-state index in [0.717, 1.165) is 5.56 Å². The molecule has 0 spiro atoms. The largest absolute Gasteiger partial charge is 0.269 e. The van der Waals surface area contributed by atoms with Crippen LogP contribution in [0.1, 0.15) is 11.1 Å². The van der Waals surface area contributed by atoms with Gasteiger partial charge in [-0.05, 0) is 35.7 Å². The molecule has 21 heavy (non-hydrogen) atoms. The summed E-state index contributed by atoms with van der Waals surface area (Å²) in [7, 11) is -3.53. The first kappa shape index (κ1) is 14.3. The maximum Gasteiger partial charge on any atom is 0.239 e. The van der Waals surface area contributed by atoms with E-state index < -0.39 is 15.8 Å². The van der Waals surface area contributed by atoms with Gasteiger partial charge in [-0.2, -0.15) is 0 Å². The Hall–Kier alpha value is -1.66. The number of hydrogen-bond acceptors (Lipinski definition) is 3. The van der Waals surface area contributed by atoms with Crippen molar-refractivity contribution < 1.29 is 12.8 Å². The predicted molar refractivity (Wildman–Crippen MR) is 79.3 cm³/mol. The molecular weight excluding hydrogens is 315 g/mol. The normalized spacial score (nSPS) is 14.3. The van der Waals surface area contributed by atoms with Gasteiger partial charge in [-0.3, -0.25) is 9.29 Å². The number of pyridine rings is 1. The molecule has 0 atom stereocenters. The Labute approximate surface area is 127 Å². The molecule has 1 aliphatic heterocycles. The van der Waals surface area contributed by atoms with Gasteiger partial charge in [-0.15, -0.1) is 0 Å². The lowest BCUT2D eigenvalue weighted by Gasteiger charge is -2.19. The van der Waals surface area contributed by atoms with Crippen LogP contribution in [0.15, 0.2) is 36.7 Å². The number of nitrogens with zero attached hydrogens (tertiary/aromatic N) is 2. The topological polar surface area (TPSA) is 50.3 Å². The van der Waals surface area contributed by atoms with Gasteiger partial charge < -0.3 is 0 Å². The van der Waals surface area contributed by atoms with Gasteiger partial charge in [0.25, 0.3) is 0 Å². The Morgan fingerprint density at radius 3 is 2.90 bits per heavy atom. The fraction of sp³-hybridized carbons (Fsp3) is 0.214. The van der Waals surface area contributed by atoms with Crippen LogP contribution in [-0.2, 0) is 22.2 Å². The molecule has 1 aromatic carbocycles. The molecule has 110 valence electrons. The Balaban J connectivity index is 1.90. The summed E-state index contributed by atoms with van der Waals surface area (Å²) >= 11 is 5.69. The van der Waals surface area contributed by atoms with Crippen LogP contribution in [-0.4, -0.2) is 19.9 Å². The highest BCUT2D eigenvalue weighted by Crippen LogP contribution is 2.30. The molecule has 0 saturated heterocycles. The van der Waals surface area contributed by atoms with Gasteiger partial charge in [0.1, 0.15) is 5.82 Å². The minimum atomic E-state index is -3.53. The number of hydrogen-bond donors (Lipinski definition) is 0. The molecule has 1 aliphatic rings. The van der Waals surface area contributed by atoms with Gasteiger partial charge in [0.2, 0.25) is 10.0 Å². The lowest BCUT2D eigenvalue weighted by Crippen LogP contribution is -2.30. The summed E-state index contributed by atoms with van der Waals surface area (Å²) in [6, 6.07) is 5.65. The highest BCUT2D eigenvalue weighted by Gasteiger charge is 2.29. The van der Waals surface area contributed by atoms with E-state index in [1.54, 1.807) is 18.5 Å². The first-order valence-corrected chi connectivity index (χ1v) is 8.33. The number of sulfonamides is 1. The smallest absolute Gasteiger partial charge is 0.239 e. The van der Waals surface area contributed by atoms with E-state index in [0.29, 0.717) is 24.2 Å². The van der Waals surface area contributed by atoms with Crippen LogP contribution in [0.2, 0.25) is 5.02 Å². The third-order valence-electron chi connectivity index (χ3n) is 3.40. The van der Waals surface area contributed by atoms with Crippen LogP contribution in [0.3, 0.4) is 0 Å². The van der Waals surface area contributed by atoms with Crippen LogP contribution in [0.5, 0.6) is 0 Å². The molecule has 3 rings (SSSR count). The SMILES string of the molecule is O=S(=O)(Cc1ccc(F)c(Cl)c1)N1CCc2cnccc21. The number of fused-ring (bicyclic) bond motifs is 1. The summed E-state index contributed by atoms with van der Waals surface area (Å²) in [6.07, 6.45) is 3.90. The number of rotatable bonds is 3. The van der Waals surface area contributed by atoms with E-state index in [4.69, 9.17) is 11.6 Å². The summed E-state index contributed by atoms with van der Waals surface area (Å²) in [5.41, 5.74) is 2.04. The second kappa shape index (κ2) is 5.27. The van der Waals surface area contributed by atoms with Gasteiger partial charge in [0.05, 0.1) is 16.5 Å². The van der Waals surface area contributed by atoms with Crippen LogP contribution < -0.4 is 4.31 Å². The Kier molecular flexibility index (Phi) is 3.59. The fourth-order valence-corrected chi connectivity index (χ4v) is 4.21. The molecule has 0 amide bonds. The number of benzene rings is 1. The molecule has 2 aromatic rings. The van der Waals surface area contributed by atoms with Crippen LogP contribution >= 0.6 is 11.6 Å². The summed E-state index contributed by atoms with van der Waals surface area (Å²) < 4.78 is 39.6. The monoisotopic (exact) mass is 326 g/mol. The van der Waals surface area contributed by atoms with Crippen molar-refractivity contribution in [1.29, 1.82) is 0 Å². The third-order valence-corrected chi connectivity index (χ3v) is 5.44. The maximum atomic E-state index is 13.1. The summed E-state index contributed by atoms with van der Waals surface area (Å²) in [6.45, 7) is 0.401. The van der Waals surface area contributed by atoms with Crippen molar-refractivity contribution in [2.75, 3.05) is 10.8 Å². The minimum absolute atomic E-state index is 0.0753. The molecular formula is C14H12ClFN2O2S. The molecule has 0 saturated carbocycles. The first-order chi connectivity index (χ1) is 9.97.